The fourth-order valence-corrected chi connectivity index (χ4v) is 4.67. The van der Waals surface area contributed by atoms with Crippen molar-refractivity contribution in [3.05, 3.63) is 47.8 Å². The zero-order valence-electron chi connectivity index (χ0n) is 20.2. The number of hydrogen-bond donors (Lipinski definition) is 3. The monoisotopic (exact) mass is 460 g/mol. The van der Waals surface area contributed by atoms with Crippen molar-refractivity contribution in [1.82, 2.24) is 19.9 Å². The second-order valence-electron chi connectivity index (χ2n) is 10.0. The van der Waals surface area contributed by atoms with Gasteiger partial charge < -0.3 is 15.7 Å². The van der Waals surface area contributed by atoms with Gasteiger partial charge in [-0.3, -0.25) is 9.78 Å². The van der Waals surface area contributed by atoms with Gasteiger partial charge in [-0.1, -0.05) is 0 Å². The second-order valence-corrected chi connectivity index (χ2v) is 10.0. The van der Waals surface area contributed by atoms with E-state index in [1.54, 1.807) is 16.8 Å². The molecule has 1 aliphatic carbocycles. The maximum absolute atomic E-state index is 13.2. The molecule has 8 nitrogen and oxygen atoms in total. The molecule has 34 heavy (non-hydrogen) atoms. The third-order valence-corrected chi connectivity index (χ3v) is 6.55. The van der Waals surface area contributed by atoms with E-state index in [2.05, 4.69) is 26.8 Å². The number of nitrogens with one attached hydrogen (secondary N) is 2. The summed E-state index contributed by atoms with van der Waals surface area (Å²) < 4.78 is 1.74. The molecule has 0 unspecified atom stereocenters. The Balaban J connectivity index is 1.57. The molecule has 0 aliphatic heterocycles. The van der Waals surface area contributed by atoms with Crippen molar-refractivity contribution < 1.29 is 9.90 Å². The van der Waals surface area contributed by atoms with E-state index in [0.29, 0.717) is 22.5 Å². The fraction of sp³-hybridized carbons (Fsp3) is 0.462. The van der Waals surface area contributed by atoms with Crippen molar-refractivity contribution in [2.24, 2.45) is 5.92 Å². The lowest BCUT2D eigenvalue weighted by molar-refractivity contribution is -0.00257. The first kappa shape index (κ1) is 23.7. The second kappa shape index (κ2) is 9.43. The Kier molecular flexibility index (Phi) is 6.58. The molecule has 0 saturated heterocycles. The smallest absolute Gasteiger partial charge is 0.255 e. The first-order valence-electron chi connectivity index (χ1n) is 11.8. The van der Waals surface area contributed by atoms with Crippen LogP contribution in [0.2, 0.25) is 0 Å². The van der Waals surface area contributed by atoms with Gasteiger partial charge in [-0.25, -0.2) is 4.52 Å². The molecule has 0 atom stereocenters. The predicted octanol–water partition coefficient (Wildman–Crippen LogP) is 4.15. The number of pyridine rings is 1. The lowest BCUT2D eigenvalue weighted by Crippen LogP contribution is -2.42. The minimum atomic E-state index is -0.683. The largest absolute Gasteiger partial charge is 0.390 e. The van der Waals surface area contributed by atoms with Gasteiger partial charge in [0.05, 0.1) is 45.5 Å². The van der Waals surface area contributed by atoms with Crippen LogP contribution in [0.15, 0.2) is 36.7 Å². The van der Waals surface area contributed by atoms with Crippen molar-refractivity contribution in [3.8, 4) is 17.5 Å². The molecular formula is C26H32N6O2. The quantitative estimate of drug-likeness (QED) is 0.509. The maximum atomic E-state index is 13.2. The van der Waals surface area contributed by atoms with Crippen LogP contribution in [0.5, 0.6) is 0 Å². The minimum absolute atomic E-state index is 0.0887. The molecule has 0 bridgehead atoms. The average molecular weight is 461 g/mol. The highest BCUT2D eigenvalue weighted by Crippen LogP contribution is 2.33. The summed E-state index contributed by atoms with van der Waals surface area (Å²) in [4.78, 5) is 17.8. The molecule has 3 aromatic rings. The summed E-state index contributed by atoms with van der Waals surface area (Å²) in [5.74, 6) is 0.111. The normalized spacial score (nSPS) is 18.6. The summed E-state index contributed by atoms with van der Waals surface area (Å²) in [5.41, 5.74) is 3.30. The molecular weight excluding hydrogens is 428 g/mol. The average Bonchev–Trinajstić information content (AvgIpc) is 3.21. The lowest BCUT2D eigenvalue weighted by Gasteiger charge is -2.36. The summed E-state index contributed by atoms with van der Waals surface area (Å²) in [6, 6.07) is 9.78. The number of aliphatic hydroxyl groups is 1. The standard InChI is InChI=1S/C26H32N6O2/c1-16(2)30-22-12-23(24-10-9-20-11-17(13-27)14-29-32(20)24)28-15-21(22)25(33)31-19-7-5-18(6-8-19)26(3,4)34/h9-12,14-16,18-19,34H,5-8H2,1-4H3,(H,28,30)(H,31,33). The first-order chi connectivity index (χ1) is 16.2. The van der Waals surface area contributed by atoms with Crippen LogP contribution in [0, 0.1) is 17.2 Å². The minimum Gasteiger partial charge on any atom is -0.390 e. The van der Waals surface area contributed by atoms with Crippen LogP contribution in [-0.4, -0.2) is 43.3 Å². The van der Waals surface area contributed by atoms with E-state index in [-0.39, 0.29) is 23.9 Å². The molecule has 3 N–H and O–H groups in total. The number of amides is 1. The van der Waals surface area contributed by atoms with Gasteiger partial charge in [-0.05, 0) is 83.6 Å². The summed E-state index contributed by atoms with van der Waals surface area (Å²) >= 11 is 0. The van der Waals surface area contributed by atoms with Gasteiger partial charge >= 0.3 is 0 Å². The number of anilines is 1. The van der Waals surface area contributed by atoms with Gasteiger partial charge in [-0.2, -0.15) is 10.4 Å². The van der Waals surface area contributed by atoms with Crippen LogP contribution in [0.25, 0.3) is 16.9 Å². The first-order valence-corrected chi connectivity index (χ1v) is 11.8. The molecule has 8 heteroatoms. The van der Waals surface area contributed by atoms with Crippen LogP contribution < -0.4 is 10.6 Å². The molecule has 1 fully saturated rings. The molecule has 1 amide bonds. The van der Waals surface area contributed by atoms with E-state index in [0.717, 1.165) is 36.9 Å². The van der Waals surface area contributed by atoms with E-state index in [9.17, 15) is 9.90 Å². The summed E-state index contributed by atoms with van der Waals surface area (Å²) in [5, 5.41) is 30.3. The van der Waals surface area contributed by atoms with Crippen molar-refractivity contribution >= 4 is 17.1 Å². The van der Waals surface area contributed by atoms with Gasteiger partial charge in [0.1, 0.15) is 6.07 Å². The number of nitriles is 1. The van der Waals surface area contributed by atoms with E-state index in [1.165, 1.54) is 6.20 Å². The molecule has 0 spiro atoms. The van der Waals surface area contributed by atoms with E-state index >= 15 is 0 Å². The highest BCUT2D eigenvalue weighted by atomic mass is 16.3. The summed E-state index contributed by atoms with van der Waals surface area (Å²) in [6.45, 7) is 7.77. The number of rotatable bonds is 6. The zero-order valence-corrected chi connectivity index (χ0v) is 20.2. The third kappa shape index (κ3) is 5.05. The molecule has 0 radical (unpaired) electrons. The number of aromatic nitrogens is 3. The van der Waals surface area contributed by atoms with Gasteiger partial charge in [0, 0.05) is 18.3 Å². The van der Waals surface area contributed by atoms with Crippen molar-refractivity contribution in [2.45, 2.75) is 71.1 Å². The fourth-order valence-electron chi connectivity index (χ4n) is 4.67. The van der Waals surface area contributed by atoms with Gasteiger partial charge in [0.2, 0.25) is 0 Å². The highest BCUT2D eigenvalue weighted by molar-refractivity contribution is 6.00. The third-order valence-electron chi connectivity index (χ3n) is 6.55. The van der Waals surface area contributed by atoms with Crippen LogP contribution >= 0.6 is 0 Å². The van der Waals surface area contributed by atoms with Gasteiger partial charge in [0.15, 0.2) is 0 Å². The van der Waals surface area contributed by atoms with E-state index in [1.807, 2.05) is 45.9 Å². The topological polar surface area (TPSA) is 115 Å². The van der Waals surface area contributed by atoms with Crippen molar-refractivity contribution in [3.63, 3.8) is 0 Å². The van der Waals surface area contributed by atoms with Crippen molar-refractivity contribution in [1.29, 1.82) is 5.26 Å². The number of fused-ring (bicyclic) bond motifs is 1. The predicted molar refractivity (Wildman–Crippen MR) is 131 cm³/mol. The Morgan fingerprint density at radius 3 is 2.59 bits per heavy atom. The molecule has 0 aromatic carbocycles. The van der Waals surface area contributed by atoms with Gasteiger partial charge in [0.25, 0.3) is 5.91 Å². The maximum Gasteiger partial charge on any atom is 0.255 e. The SMILES string of the molecule is CC(C)Nc1cc(-c2ccc3cc(C#N)cnn23)ncc1C(=O)NC1CCC(C(C)(C)O)CC1. The Hall–Kier alpha value is -3.44. The lowest BCUT2D eigenvalue weighted by atomic mass is 9.77. The number of carbonyl (C=O) groups excluding carboxylic acids is 1. The molecule has 3 heterocycles. The van der Waals surface area contributed by atoms with Crippen LogP contribution in [0.1, 0.15) is 69.3 Å². The van der Waals surface area contributed by atoms with Crippen molar-refractivity contribution in [2.75, 3.05) is 5.32 Å². The molecule has 4 rings (SSSR count). The van der Waals surface area contributed by atoms with Crippen LogP contribution in [-0.2, 0) is 0 Å². The summed E-state index contributed by atoms with van der Waals surface area (Å²) in [7, 11) is 0. The van der Waals surface area contributed by atoms with Gasteiger partial charge in [-0.15, -0.1) is 0 Å². The molecule has 1 saturated carbocycles. The Morgan fingerprint density at radius 1 is 1.21 bits per heavy atom. The highest BCUT2D eigenvalue weighted by Gasteiger charge is 2.32. The number of hydrogen-bond acceptors (Lipinski definition) is 6. The molecule has 1 aliphatic rings. The molecule has 3 aromatic heterocycles. The van der Waals surface area contributed by atoms with Crippen LogP contribution in [0.3, 0.4) is 0 Å². The molecule has 178 valence electrons. The van der Waals surface area contributed by atoms with E-state index < -0.39 is 5.60 Å². The van der Waals surface area contributed by atoms with E-state index in [4.69, 9.17) is 5.26 Å². The number of nitrogens with zero attached hydrogens (tertiary/aromatic N) is 4. The summed E-state index contributed by atoms with van der Waals surface area (Å²) in [6.07, 6.45) is 6.63. The Bertz CT molecular complexity index is 1230. The Labute approximate surface area is 200 Å². The van der Waals surface area contributed by atoms with Crippen LogP contribution in [0.4, 0.5) is 5.69 Å². The Morgan fingerprint density at radius 2 is 1.94 bits per heavy atom. The number of carbonyl (C=O) groups is 1. The zero-order chi connectivity index (χ0) is 24.5.